The van der Waals surface area contributed by atoms with Crippen LogP contribution in [0.5, 0.6) is 5.75 Å². The summed E-state index contributed by atoms with van der Waals surface area (Å²) in [6.07, 6.45) is -2.97. The SMILES string of the molecule is CCC(N)Cc1cc(Br)cc(C)c1OCOCC(F)(F)F. The Morgan fingerprint density at radius 1 is 1.33 bits per heavy atom. The van der Waals surface area contributed by atoms with Crippen molar-refractivity contribution >= 4 is 15.9 Å². The van der Waals surface area contributed by atoms with Crippen LogP contribution in [-0.2, 0) is 11.2 Å². The van der Waals surface area contributed by atoms with Gasteiger partial charge in [-0.05, 0) is 43.0 Å². The highest BCUT2D eigenvalue weighted by Crippen LogP contribution is 2.29. The van der Waals surface area contributed by atoms with Gasteiger partial charge in [0.15, 0.2) is 6.79 Å². The van der Waals surface area contributed by atoms with E-state index in [-0.39, 0.29) is 6.04 Å². The molecule has 0 aliphatic carbocycles. The molecule has 2 N–H and O–H groups in total. The number of alkyl halides is 3. The van der Waals surface area contributed by atoms with Gasteiger partial charge in [0.05, 0.1) is 0 Å². The summed E-state index contributed by atoms with van der Waals surface area (Å²) >= 11 is 3.39. The van der Waals surface area contributed by atoms with Crippen molar-refractivity contribution in [2.45, 2.75) is 38.9 Å². The van der Waals surface area contributed by atoms with E-state index in [1.807, 2.05) is 26.0 Å². The number of benzene rings is 1. The molecule has 1 aromatic rings. The van der Waals surface area contributed by atoms with E-state index in [1.165, 1.54) is 0 Å². The van der Waals surface area contributed by atoms with Crippen molar-refractivity contribution in [3.63, 3.8) is 0 Å². The summed E-state index contributed by atoms with van der Waals surface area (Å²) in [4.78, 5) is 0. The predicted octanol–water partition coefficient (Wildman–Crippen LogP) is 3.95. The minimum Gasteiger partial charge on any atom is -0.467 e. The van der Waals surface area contributed by atoms with E-state index in [0.717, 1.165) is 22.0 Å². The summed E-state index contributed by atoms with van der Waals surface area (Å²) in [6.45, 7) is 2.02. The van der Waals surface area contributed by atoms with Crippen molar-refractivity contribution in [1.29, 1.82) is 0 Å². The first-order chi connectivity index (χ1) is 9.73. The van der Waals surface area contributed by atoms with Crippen LogP contribution in [0.3, 0.4) is 0 Å². The number of halogens is 4. The van der Waals surface area contributed by atoms with Crippen molar-refractivity contribution < 1.29 is 22.6 Å². The van der Waals surface area contributed by atoms with Crippen LogP contribution in [0.15, 0.2) is 16.6 Å². The predicted molar refractivity (Wildman–Crippen MR) is 78.4 cm³/mol. The normalized spacial score (nSPS) is 13.3. The smallest absolute Gasteiger partial charge is 0.411 e. The molecule has 0 amide bonds. The van der Waals surface area contributed by atoms with Crippen LogP contribution in [0, 0.1) is 6.92 Å². The largest absolute Gasteiger partial charge is 0.467 e. The van der Waals surface area contributed by atoms with Crippen LogP contribution in [0.25, 0.3) is 0 Å². The molecule has 0 saturated heterocycles. The zero-order chi connectivity index (χ0) is 16.0. The van der Waals surface area contributed by atoms with Crippen LogP contribution in [0.1, 0.15) is 24.5 Å². The Labute approximate surface area is 130 Å². The number of nitrogens with two attached hydrogens (primary N) is 1. The molecule has 3 nitrogen and oxygen atoms in total. The van der Waals surface area contributed by atoms with Crippen LogP contribution in [0.2, 0.25) is 0 Å². The van der Waals surface area contributed by atoms with E-state index in [2.05, 4.69) is 20.7 Å². The highest BCUT2D eigenvalue weighted by atomic mass is 79.9. The maximum Gasteiger partial charge on any atom is 0.411 e. The van der Waals surface area contributed by atoms with E-state index in [1.54, 1.807) is 0 Å². The standard InChI is InChI=1S/C14H19BrF3NO2/c1-3-12(19)6-10-5-11(15)4-9(2)13(10)21-8-20-7-14(16,17)18/h4-5,12H,3,6-8,19H2,1-2H3. The second-order valence-corrected chi connectivity index (χ2v) is 5.72. The molecular formula is C14H19BrF3NO2. The monoisotopic (exact) mass is 369 g/mol. The molecule has 1 aromatic carbocycles. The molecule has 0 aliphatic heterocycles. The Morgan fingerprint density at radius 3 is 2.57 bits per heavy atom. The van der Waals surface area contributed by atoms with Crippen molar-refractivity contribution in [1.82, 2.24) is 0 Å². The minimum atomic E-state index is -4.36. The Kier molecular flexibility index (Phi) is 6.96. The second kappa shape index (κ2) is 8.00. The molecule has 0 radical (unpaired) electrons. The summed E-state index contributed by atoms with van der Waals surface area (Å²) in [5.41, 5.74) is 7.61. The van der Waals surface area contributed by atoms with Crippen LogP contribution in [-0.4, -0.2) is 25.6 Å². The summed E-state index contributed by atoms with van der Waals surface area (Å²) in [5.74, 6) is 0.532. The van der Waals surface area contributed by atoms with E-state index in [0.29, 0.717) is 12.2 Å². The van der Waals surface area contributed by atoms with E-state index in [9.17, 15) is 13.2 Å². The fourth-order valence-electron chi connectivity index (χ4n) is 1.84. The third-order valence-corrected chi connectivity index (χ3v) is 3.33. The minimum absolute atomic E-state index is 0.0304. The average Bonchev–Trinajstić information content (AvgIpc) is 2.35. The Hall–Kier alpha value is -0.790. The fourth-order valence-corrected chi connectivity index (χ4v) is 2.46. The molecule has 21 heavy (non-hydrogen) atoms. The molecule has 0 saturated carbocycles. The third-order valence-electron chi connectivity index (χ3n) is 2.88. The fraction of sp³-hybridized carbons (Fsp3) is 0.571. The number of ether oxygens (including phenoxy) is 2. The lowest BCUT2D eigenvalue weighted by atomic mass is 10.0. The number of rotatable bonds is 7. The summed E-state index contributed by atoms with van der Waals surface area (Å²) in [6, 6.07) is 3.67. The topological polar surface area (TPSA) is 44.5 Å². The molecule has 0 aromatic heterocycles. The first-order valence-electron chi connectivity index (χ1n) is 6.54. The molecule has 120 valence electrons. The summed E-state index contributed by atoms with van der Waals surface area (Å²) in [5, 5.41) is 0. The first kappa shape index (κ1) is 18.3. The number of hydrogen-bond donors (Lipinski definition) is 1. The summed E-state index contributed by atoms with van der Waals surface area (Å²) < 4.78 is 46.7. The average molecular weight is 370 g/mol. The lowest BCUT2D eigenvalue weighted by Gasteiger charge is -2.17. The van der Waals surface area contributed by atoms with Crippen LogP contribution < -0.4 is 10.5 Å². The molecule has 7 heteroatoms. The van der Waals surface area contributed by atoms with Gasteiger partial charge in [-0.3, -0.25) is 0 Å². The van der Waals surface area contributed by atoms with Crippen LogP contribution in [0.4, 0.5) is 13.2 Å². The lowest BCUT2D eigenvalue weighted by molar-refractivity contribution is -0.186. The first-order valence-corrected chi connectivity index (χ1v) is 7.34. The maximum atomic E-state index is 12.0. The van der Waals surface area contributed by atoms with Gasteiger partial charge in [0, 0.05) is 10.5 Å². The van der Waals surface area contributed by atoms with Gasteiger partial charge in [0.25, 0.3) is 0 Å². The summed E-state index contributed by atoms with van der Waals surface area (Å²) in [7, 11) is 0. The molecule has 1 atom stereocenters. The molecule has 0 bridgehead atoms. The molecule has 0 aliphatic rings. The van der Waals surface area contributed by atoms with E-state index >= 15 is 0 Å². The Morgan fingerprint density at radius 2 is 2.00 bits per heavy atom. The zero-order valence-electron chi connectivity index (χ0n) is 12.0. The molecule has 1 unspecified atom stereocenters. The van der Waals surface area contributed by atoms with Gasteiger partial charge in [-0.15, -0.1) is 0 Å². The second-order valence-electron chi connectivity index (χ2n) is 4.81. The number of aryl methyl sites for hydroxylation is 1. The van der Waals surface area contributed by atoms with Crippen molar-refractivity contribution in [2.75, 3.05) is 13.4 Å². The van der Waals surface area contributed by atoms with Crippen molar-refractivity contribution in [3.8, 4) is 5.75 Å². The maximum absolute atomic E-state index is 12.0. The van der Waals surface area contributed by atoms with E-state index in [4.69, 9.17) is 10.5 Å². The molecule has 0 heterocycles. The lowest BCUT2D eigenvalue weighted by Crippen LogP contribution is -2.22. The van der Waals surface area contributed by atoms with Gasteiger partial charge in [-0.2, -0.15) is 13.2 Å². The van der Waals surface area contributed by atoms with Gasteiger partial charge in [-0.25, -0.2) is 0 Å². The zero-order valence-corrected chi connectivity index (χ0v) is 13.6. The highest BCUT2D eigenvalue weighted by Gasteiger charge is 2.27. The Balaban J connectivity index is 2.75. The van der Waals surface area contributed by atoms with Crippen molar-refractivity contribution in [2.24, 2.45) is 5.73 Å². The van der Waals surface area contributed by atoms with E-state index < -0.39 is 19.6 Å². The molecular weight excluding hydrogens is 351 g/mol. The third kappa shape index (κ3) is 6.67. The molecule has 1 rings (SSSR count). The van der Waals surface area contributed by atoms with Gasteiger partial charge < -0.3 is 15.2 Å². The quantitative estimate of drug-likeness (QED) is 0.584. The van der Waals surface area contributed by atoms with Gasteiger partial charge in [0.2, 0.25) is 0 Å². The van der Waals surface area contributed by atoms with Crippen LogP contribution >= 0.6 is 15.9 Å². The molecule has 0 fully saturated rings. The van der Waals surface area contributed by atoms with Gasteiger partial charge in [0.1, 0.15) is 12.4 Å². The van der Waals surface area contributed by atoms with Gasteiger partial charge >= 0.3 is 6.18 Å². The number of hydrogen-bond acceptors (Lipinski definition) is 3. The molecule has 0 spiro atoms. The Bertz CT molecular complexity index is 466. The van der Waals surface area contributed by atoms with Gasteiger partial charge in [-0.1, -0.05) is 22.9 Å². The van der Waals surface area contributed by atoms with Crippen molar-refractivity contribution in [3.05, 3.63) is 27.7 Å². The highest BCUT2D eigenvalue weighted by molar-refractivity contribution is 9.10.